The maximum Gasteiger partial charge on any atom is 0.234 e. The standard InChI is InChI=1S/C22H26N4OS/c1-13-7-8-15(3)19(11-13)26-18(6)24-25-22(26)28-12-20(27)23-21-16(4)9-14(2)10-17(21)5/h7-11H,12H2,1-6H3,(H,23,27). The Morgan fingerprint density at radius 3 is 2.29 bits per heavy atom. The van der Waals surface area contributed by atoms with Gasteiger partial charge in [0.1, 0.15) is 5.82 Å². The highest BCUT2D eigenvalue weighted by atomic mass is 32.2. The van der Waals surface area contributed by atoms with Crippen LogP contribution in [0, 0.1) is 41.5 Å². The maximum atomic E-state index is 12.6. The van der Waals surface area contributed by atoms with Gasteiger partial charge in [-0.15, -0.1) is 10.2 Å². The molecule has 0 aliphatic carbocycles. The van der Waals surface area contributed by atoms with Crippen molar-refractivity contribution in [3.8, 4) is 5.69 Å². The normalized spacial score (nSPS) is 10.9. The van der Waals surface area contributed by atoms with Crippen molar-refractivity contribution < 1.29 is 4.79 Å². The average molecular weight is 395 g/mol. The van der Waals surface area contributed by atoms with Crippen molar-refractivity contribution in [3.63, 3.8) is 0 Å². The van der Waals surface area contributed by atoms with E-state index in [1.165, 1.54) is 22.9 Å². The Balaban J connectivity index is 1.77. The van der Waals surface area contributed by atoms with Gasteiger partial charge in [0.25, 0.3) is 0 Å². The predicted octanol–water partition coefficient (Wildman–Crippen LogP) is 4.85. The second-order valence-corrected chi connectivity index (χ2v) is 8.21. The number of aromatic nitrogens is 3. The van der Waals surface area contributed by atoms with Gasteiger partial charge in [-0.2, -0.15) is 0 Å². The van der Waals surface area contributed by atoms with Gasteiger partial charge in [-0.1, -0.05) is 41.6 Å². The van der Waals surface area contributed by atoms with E-state index in [9.17, 15) is 4.79 Å². The topological polar surface area (TPSA) is 59.8 Å². The highest BCUT2D eigenvalue weighted by Gasteiger charge is 2.16. The summed E-state index contributed by atoms with van der Waals surface area (Å²) in [6, 6.07) is 10.5. The zero-order chi connectivity index (χ0) is 20.4. The number of anilines is 1. The van der Waals surface area contributed by atoms with Gasteiger partial charge in [-0.05, 0) is 69.9 Å². The SMILES string of the molecule is Cc1cc(C)c(NC(=O)CSc2nnc(C)n2-c2cc(C)ccc2C)c(C)c1. The van der Waals surface area contributed by atoms with E-state index in [1.54, 1.807) is 0 Å². The van der Waals surface area contributed by atoms with Gasteiger partial charge >= 0.3 is 0 Å². The van der Waals surface area contributed by atoms with Crippen LogP contribution in [0.25, 0.3) is 5.69 Å². The Morgan fingerprint density at radius 1 is 0.929 bits per heavy atom. The highest BCUT2D eigenvalue weighted by Crippen LogP contribution is 2.26. The van der Waals surface area contributed by atoms with E-state index < -0.39 is 0 Å². The van der Waals surface area contributed by atoms with Crippen LogP contribution in [0.4, 0.5) is 5.69 Å². The fourth-order valence-electron chi connectivity index (χ4n) is 3.36. The average Bonchev–Trinajstić information content (AvgIpc) is 2.99. The summed E-state index contributed by atoms with van der Waals surface area (Å²) in [6.07, 6.45) is 0. The monoisotopic (exact) mass is 394 g/mol. The number of amides is 1. The lowest BCUT2D eigenvalue weighted by Gasteiger charge is -2.14. The predicted molar refractivity (Wildman–Crippen MR) is 116 cm³/mol. The first-order chi connectivity index (χ1) is 13.3. The minimum atomic E-state index is -0.0479. The molecule has 0 atom stereocenters. The molecule has 2 aromatic carbocycles. The molecule has 0 fully saturated rings. The summed E-state index contributed by atoms with van der Waals surface area (Å²) in [4.78, 5) is 12.6. The molecular weight excluding hydrogens is 368 g/mol. The third-order valence-corrected chi connectivity index (χ3v) is 5.60. The van der Waals surface area contributed by atoms with Gasteiger partial charge in [0.05, 0.1) is 11.4 Å². The van der Waals surface area contributed by atoms with E-state index in [0.29, 0.717) is 0 Å². The fourth-order valence-corrected chi connectivity index (χ4v) is 4.15. The minimum Gasteiger partial charge on any atom is -0.325 e. The van der Waals surface area contributed by atoms with Gasteiger partial charge in [0.15, 0.2) is 5.16 Å². The first-order valence-corrected chi connectivity index (χ1v) is 10.2. The van der Waals surface area contributed by atoms with Crippen LogP contribution in [-0.2, 0) is 4.79 Å². The molecule has 0 saturated carbocycles. The van der Waals surface area contributed by atoms with Crippen LogP contribution in [-0.4, -0.2) is 26.4 Å². The van der Waals surface area contributed by atoms with Crippen LogP contribution in [0.2, 0.25) is 0 Å². The summed E-state index contributed by atoms with van der Waals surface area (Å²) in [6.45, 7) is 12.2. The zero-order valence-electron chi connectivity index (χ0n) is 17.3. The molecule has 0 spiro atoms. The fraction of sp³-hybridized carbons (Fsp3) is 0.318. The molecule has 146 valence electrons. The van der Waals surface area contributed by atoms with Gasteiger partial charge in [0, 0.05) is 5.69 Å². The molecule has 3 rings (SSSR count). The first kappa shape index (κ1) is 20.1. The summed E-state index contributed by atoms with van der Waals surface area (Å²) in [7, 11) is 0. The summed E-state index contributed by atoms with van der Waals surface area (Å²) in [5, 5.41) is 12.3. The molecular formula is C22H26N4OS. The Kier molecular flexibility index (Phi) is 5.89. The minimum absolute atomic E-state index is 0.0479. The number of hydrogen-bond acceptors (Lipinski definition) is 4. The van der Waals surface area contributed by atoms with Crippen molar-refractivity contribution in [3.05, 3.63) is 64.0 Å². The number of benzene rings is 2. The smallest absolute Gasteiger partial charge is 0.234 e. The molecule has 5 nitrogen and oxygen atoms in total. The molecule has 0 aliphatic heterocycles. The molecule has 0 aliphatic rings. The van der Waals surface area contributed by atoms with Gasteiger partial charge in [0.2, 0.25) is 5.91 Å². The van der Waals surface area contributed by atoms with Crippen LogP contribution in [0.5, 0.6) is 0 Å². The second kappa shape index (κ2) is 8.19. The largest absolute Gasteiger partial charge is 0.325 e. The lowest BCUT2D eigenvalue weighted by atomic mass is 10.1. The van der Waals surface area contributed by atoms with Crippen LogP contribution < -0.4 is 5.32 Å². The number of thioether (sulfide) groups is 1. The molecule has 1 aromatic heterocycles. The molecule has 1 N–H and O–H groups in total. The quantitative estimate of drug-likeness (QED) is 0.629. The molecule has 3 aromatic rings. The summed E-state index contributed by atoms with van der Waals surface area (Å²) < 4.78 is 2.02. The molecule has 28 heavy (non-hydrogen) atoms. The molecule has 0 saturated heterocycles. The first-order valence-electron chi connectivity index (χ1n) is 9.26. The number of nitrogens with zero attached hydrogens (tertiary/aromatic N) is 3. The molecule has 0 radical (unpaired) electrons. The van der Waals surface area contributed by atoms with Gasteiger partial charge in [-0.25, -0.2) is 0 Å². The molecule has 6 heteroatoms. The summed E-state index contributed by atoms with van der Waals surface area (Å²) >= 11 is 1.40. The summed E-state index contributed by atoms with van der Waals surface area (Å²) in [5.41, 5.74) is 7.60. The maximum absolute atomic E-state index is 12.6. The van der Waals surface area contributed by atoms with Crippen molar-refractivity contribution in [2.24, 2.45) is 0 Å². The van der Waals surface area contributed by atoms with Crippen LogP contribution >= 0.6 is 11.8 Å². The van der Waals surface area contributed by atoms with Crippen molar-refractivity contribution in [2.45, 2.75) is 46.7 Å². The number of aryl methyl sites for hydroxylation is 6. The molecule has 1 amide bonds. The number of rotatable bonds is 5. The number of carbonyl (C=O) groups is 1. The lowest BCUT2D eigenvalue weighted by molar-refractivity contribution is -0.113. The molecule has 1 heterocycles. The van der Waals surface area contributed by atoms with E-state index in [2.05, 4.69) is 66.6 Å². The van der Waals surface area contributed by atoms with E-state index in [1.807, 2.05) is 25.3 Å². The van der Waals surface area contributed by atoms with E-state index in [0.717, 1.165) is 39.0 Å². The third kappa shape index (κ3) is 4.28. The van der Waals surface area contributed by atoms with Crippen LogP contribution in [0.15, 0.2) is 35.5 Å². The Bertz CT molecular complexity index is 1020. The Hall–Kier alpha value is -2.60. The van der Waals surface area contributed by atoms with Gasteiger partial charge in [-0.3, -0.25) is 9.36 Å². The summed E-state index contributed by atoms with van der Waals surface area (Å²) in [5.74, 6) is 1.03. The van der Waals surface area contributed by atoms with Crippen molar-refractivity contribution in [1.82, 2.24) is 14.8 Å². The van der Waals surface area contributed by atoms with Crippen molar-refractivity contribution in [1.29, 1.82) is 0 Å². The molecule has 0 unspecified atom stereocenters. The van der Waals surface area contributed by atoms with Gasteiger partial charge < -0.3 is 5.32 Å². The second-order valence-electron chi connectivity index (χ2n) is 7.27. The number of carbonyl (C=O) groups excluding carboxylic acids is 1. The number of hydrogen-bond donors (Lipinski definition) is 1. The Labute approximate surface area is 170 Å². The van der Waals surface area contributed by atoms with Crippen molar-refractivity contribution in [2.75, 3.05) is 11.1 Å². The van der Waals surface area contributed by atoms with E-state index in [-0.39, 0.29) is 11.7 Å². The van der Waals surface area contributed by atoms with E-state index in [4.69, 9.17) is 0 Å². The lowest BCUT2D eigenvalue weighted by Crippen LogP contribution is -2.16. The Morgan fingerprint density at radius 2 is 1.61 bits per heavy atom. The van der Waals surface area contributed by atoms with E-state index >= 15 is 0 Å². The zero-order valence-corrected chi connectivity index (χ0v) is 18.1. The van der Waals surface area contributed by atoms with Crippen LogP contribution in [0.1, 0.15) is 33.6 Å². The van der Waals surface area contributed by atoms with Crippen LogP contribution in [0.3, 0.4) is 0 Å². The van der Waals surface area contributed by atoms with Crippen molar-refractivity contribution >= 4 is 23.4 Å². The highest BCUT2D eigenvalue weighted by molar-refractivity contribution is 7.99. The number of nitrogens with one attached hydrogen (secondary N) is 1. The molecule has 0 bridgehead atoms. The third-order valence-electron chi connectivity index (χ3n) is 4.67.